The predicted molar refractivity (Wildman–Crippen MR) is 59.1 cm³/mol. The largest absolute Gasteiger partial charge is 0.573 e. The number of hydrogen-bond donors (Lipinski definition) is 2. The van der Waals surface area contributed by atoms with Crippen LogP contribution in [0.2, 0.25) is 0 Å². The average molecular weight is 261 g/mol. The molecule has 3 nitrogen and oxygen atoms in total. The lowest BCUT2D eigenvalue weighted by Crippen LogP contribution is -2.28. The summed E-state index contributed by atoms with van der Waals surface area (Å²) in [7, 11) is 0. The quantitative estimate of drug-likeness (QED) is 0.855. The van der Waals surface area contributed by atoms with E-state index in [1.54, 1.807) is 6.07 Å². The van der Waals surface area contributed by atoms with E-state index in [-0.39, 0.29) is 18.4 Å². The molecule has 1 unspecified atom stereocenters. The molecule has 2 rings (SSSR count). The maximum absolute atomic E-state index is 12.3. The summed E-state index contributed by atoms with van der Waals surface area (Å²) in [6.45, 7) is -0.269. The van der Waals surface area contributed by atoms with Gasteiger partial charge in [0.25, 0.3) is 0 Å². The molecule has 1 aromatic rings. The minimum atomic E-state index is -4.73. The summed E-state index contributed by atoms with van der Waals surface area (Å²) in [6, 6.07) is 5.61. The Hall–Kier alpha value is -1.27. The summed E-state index contributed by atoms with van der Waals surface area (Å²) >= 11 is 0. The van der Waals surface area contributed by atoms with Crippen molar-refractivity contribution in [1.82, 2.24) is 5.32 Å². The van der Waals surface area contributed by atoms with Crippen LogP contribution in [0, 0.1) is 0 Å². The van der Waals surface area contributed by atoms with Crippen molar-refractivity contribution in [2.75, 3.05) is 6.61 Å². The highest BCUT2D eigenvalue weighted by atomic mass is 19.4. The van der Waals surface area contributed by atoms with Crippen LogP contribution in [0.3, 0.4) is 0 Å². The second kappa shape index (κ2) is 5.16. The summed E-state index contributed by atoms with van der Waals surface area (Å²) in [4.78, 5) is 0. The van der Waals surface area contributed by atoms with Crippen molar-refractivity contribution < 1.29 is 23.0 Å². The molecule has 0 aromatic heterocycles. The van der Waals surface area contributed by atoms with Crippen LogP contribution in [0.15, 0.2) is 24.3 Å². The van der Waals surface area contributed by atoms with Crippen molar-refractivity contribution in [3.63, 3.8) is 0 Å². The zero-order valence-electron chi connectivity index (χ0n) is 9.57. The fourth-order valence-corrected chi connectivity index (χ4v) is 1.76. The van der Waals surface area contributed by atoms with Crippen LogP contribution in [0.5, 0.6) is 5.75 Å². The van der Waals surface area contributed by atoms with E-state index >= 15 is 0 Å². The first-order valence-electron chi connectivity index (χ1n) is 5.71. The first-order valence-corrected chi connectivity index (χ1v) is 5.71. The molecular weight excluding hydrogens is 247 g/mol. The first-order chi connectivity index (χ1) is 8.49. The van der Waals surface area contributed by atoms with E-state index in [2.05, 4.69) is 10.1 Å². The third-order valence-electron chi connectivity index (χ3n) is 2.72. The van der Waals surface area contributed by atoms with Crippen molar-refractivity contribution in [1.29, 1.82) is 0 Å². The number of nitrogens with one attached hydrogen (secondary N) is 1. The van der Waals surface area contributed by atoms with Gasteiger partial charge < -0.3 is 15.2 Å². The number of aliphatic hydroxyl groups excluding tert-OH is 1. The van der Waals surface area contributed by atoms with Crippen LogP contribution in [-0.2, 0) is 0 Å². The molecule has 0 spiro atoms. The van der Waals surface area contributed by atoms with Crippen molar-refractivity contribution in [3.8, 4) is 5.75 Å². The van der Waals surface area contributed by atoms with Crippen LogP contribution in [-0.4, -0.2) is 24.1 Å². The molecule has 0 saturated heterocycles. The van der Waals surface area contributed by atoms with Gasteiger partial charge >= 0.3 is 6.36 Å². The topological polar surface area (TPSA) is 41.5 Å². The van der Waals surface area contributed by atoms with Gasteiger partial charge in [-0.2, -0.15) is 0 Å². The molecular formula is C12H14F3NO2. The van der Waals surface area contributed by atoms with Crippen LogP contribution < -0.4 is 10.1 Å². The molecule has 6 heteroatoms. The van der Waals surface area contributed by atoms with E-state index < -0.39 is 12.4 Å². The molecule has 1 atom stereocenters. The Balaban J connectivity index is 2.18. The highest BCUT2D eigenvalue weighted by molar-refractivity contribution is 5.36. The first kappa shape index (κ1) is 13.2. The minimum Gasteiger partial charge on any atom is -0.405 e. The van der Waals surface area contributed by atoms with Crippen molar-refractivity contribution in [2.45, 2.75) is 31.3 Å². The Labute approximate surface area is 103 Å². The van der Waals surface area contributed by atoms with Gasteiger partial charge in [0, 0.05) is 11.6 Å². The molecule has 1 aromatic carbocycles. The molecule has 1 fully saturated rings. The number of alkyl halides is 3. The van der Waals surface area contributed by atoms with Gasteiger partial charge in [-0.1, -0.05) is 18.2 Å². The lowest BCUT2D eigenvalue weighted by Gasteiger charge is -2.20. The van der Waals surface area contributed by atoms with E-state index in [9.17, 15) is 18.3 Å². The Morgan fingerprint density at radius 2 is 2.00 bits per heavy atom. The van der Waals surface area contributed by atoms with E-state index in [1.165, 1.54) is 18.2 Å². The number of rotatable bonds is 5. The molecule has 1 aliphatic rings. The van der Waals surface area contributed by atoms with Gasteiger partial charge in [-0.15, -0.1) is 13.2 Å². The van der Waals surface area contributed by atoms with E-state index in [0.717, 1.165) is 12.8 Å². The number of para-hydroxylation sites is 1. The zero-order valence-corrected chi connectivity index (χ0v) is 9.57. The maximum Gasteiger partial charge on any atom is 0.573 e. The van der Waals surface area contributed by atoms with Gasteiger partial charge in [-0.25, -0.2) is 0 Å². The molecule has 1 aliphatic carbocycles. The van der Waals surface area contributed by atoms with Gasteiger partial charge in [-0.3, -0.25) is 0 Å². The predicted octanol–water partition coefficient (Wildman–Crippen LogP) is 2.37. The molecule has 0 amide bonds. The molecule has 0 heterocycles. The number of ether oxygens (including phenoxy) is 1. The SMILES string of the molecule is OCC(NC1CC1)c1ccccc1OC(F)(F)F. The Bertz CT molecular complexity index is 405. The van der Waals surface area contributed by atoms with E-state index in [1.807, 2.05) is 0 Å². The van der Waals surface area contributed by atoms with E-state index in [4.69, 9.17) is 0 Å². The molecule has 2 N–H and O–H groups in total. The van der Waals surface area contributed by atoms with Crippen LogP contribution in [0.25, 0.3) is 0 Å². The fourth-order valence-electron chi connectivity index (χ4n) is 1.76. The Morgan fingerprint density at radius 3 is 2.56 bits per heavy atom. The fraction of sp³-hybridized carbons (Fsp3) is 0.500. The normalized spacial score (nSPS) is 17.6. The highest BCUT2D eigenvalue weighted by Crippen LogP contribution is 2.32. The van der Waals surface area contributed by atoms with Crippen molar-refractivity contribution in [3.05, 3.63) is 29.8 Å². The zero-order chi connectivity index (χ0) is 13.2. The Morgan fingerprint density at radius 1 is 1.33 bits per heavy atom. The van der Waals surface area contributed by atoms with Crippen LogP contribution in [0.1, 0.15) is 24.4 Å². The van der Waals surface area contributed by atoms with Crippen LogP contribution in [0.4, 0.5) is 13.2 Å². The van der Waals surface area contributed by atoms with Crippen molar-refractivity contribution >= 4 is 0 Å². The number of halogens is 3. The summed E-state index contributed by atoms with van der Waals surface area (Å²) in [5.74, 6) is -0.266. The lowest BCUT2D eigenvalue weighted by atomic mass is 10.1. The van der Waals surface area contributed by atoms with Gasteiger partial charge in [0.2, 0.25) is 0 Å². The monoisotopic (exact) mass is 261 g/mol. The van der Waals surface area contributed by atoms with Gasteiger partial charge in [0.1, 0.15) is 5.75 Å². The van der Waals surface area contributed by atoms with Crippen molar-refractivity contribution in [2.24, 2.45) is 0 Å². The standard InChI is InChI=1S/C12H14F3NO2/c13-12(14,15)18-11-4-2-1-3-9(11)10(7-17)16-8-5-6-8/h1-4,8,10,16-17H,5-7H2. The summed E-state index contributed by atoms with van der Waals surface area (Å²) in [5.41, 5.74) is 0.323. The minimum absolute atomic E-state index is 0.266. The summed E-state index contributed by atoms with van der Waals surface area (Å²) in [5, 5.41) is 12.4. The average Bonchev–Trinajstić information content (AvgIpc) is 3.09. The number of hydrogen-bond acceptors (Lipinski definition) is 3. The third kappa shape index (κ3) is 3.61. The van der Waals surface area contributed by atoms with Crippen LogP contribution >= 0.6 is 0 Å². The molecule has 0 aliphatic heterocycles. The third-order valence-corrected chi connectivity index (χ3v) is 2.72. The number of aliphatic hydroxyl groups is 1. The highest BCUT2D eigenvalue weighted by Gasteiger charge is 2.33. The number of benzene rings is 1. The smallest absolute Gasteiger partial charge is 0.405 e. The van der Waals surface area contributed by atoms with Gasteiger partial charge in [-0.05, 0) is 18.9 Å². The summed E-state index contributed by atoms with van der Waals surface area (Å²) in [6.07, 6.45) is -2.76. The molecule has 0 radical (unpaired) electrons. The van der Waals surface area contributed by atoms with Gasteiger partial charge in [0.15, 0.2) is 0 Å². The lowest BCUT2D eigenvalue weighted by molar-refractivity contribution is -0.275. The van der Waals surface area contributed by atoms with Gasteiger partial charge in [0.05, 0.1) is 12.6 Å². The second-order valence-corrected chi connectivity index (χ2v) is 4.26. The maximum atomic E-state index is 12.3. The molecule has 18 heavy (non-hydrogen) atoms. The Kier molecular flexibility index (Phi) is 3.77. The second-order valence-electron chi connectivity index (χ2n) is 4.26. The summed E-state index contributed by atoms with van der Waals surface area (Å²) < 4.78 is 40.7. The van der Waals surface area contributed by atoms with E-state index in [0.29, 0.717) is 5.56 Å². The molecule has 0 bridgehead atoms. The molecule has 1 saturated carbocycles. The molecule has 100 valence electrons.